The van der Waals surface area contributed by atoms with Gasteiger partial charge in [-0.05, 0) is 12.1 Å². The predicted molar refractivity (Wildman–Crippen MR) is 90.6 cm³/mol. The number of hydrogen-bond acceptors (Lipinski definition) is 4. The molecule has 2 aromatic rings. The Labute approximate surface area is 142 Å². The Morgan fingerprint density at radius 1 is 1.00 bits per heavy atom. The van der Waals surface area contributed by atoms with Crippen LogP contribution in [0.4, 0.5) is 0 Å². The van der Waals surface area contributed by atoms with Gasteiger partial charge in [-0.3, -0.25) is 14.9 Å². The molecular weight excluding hydrogens is 358 g/mol. The van der Waals surface area contributed by atoms with Crippen molar-refractivity contribution in [3.63, 3.8) is 0 Å². The van der Waals surface area contributed by atoms with Gasteiger partial charge in [-0.2, -0.15) is 0 Å². The van der Waals surface area contributed by atoms with Gasteiger partial charge in [0.25, 0.3) is 0 Å². The largest absolute Gasteiger partial charge is 0.392 e. The lowest BCUT2D eigenvalue weighted by molar-refractivity contribution is 0.0726. The van der Waals surface area contributed by atoms with E-state index in [2.05, 4.69) is 21.2 Å². The number of hydrogen-bond donors (Lipinski definition) is 2. The molecule has 4 nitrogen and oxygen atoms in total. The van der Waals surface area contributed by atoms with E-state index >= 15 is 0 Å². The molecule has 2 atom stereocenters. The Balaban J connectivity index is 2.02. The number of carbonyl (C=O) groups excluding carboxylic acids is 2. The molecule has 5 heteroatoms. The van der Waals surface area contributed by atoms with Crippen molar-refractivity contribution in [1.29, 1.82) is 0 Å². The van der Waals surface area contributed by atoms with Crippen LogP contribution in [-0.4, -0.2) is 34.9 Å². The van der Waals surface area contributed by atoms with Crippen molar-refractivity contribution in [1.82, 2.24) is 5.32 Å². The lowest BCUT2D eigenvalue weighted by atomic mass is 9.81. The third-order valence-electron chi connectivity index (χ3n) is 4.10. The van der Waals surface area contributed by atoms with Gasteiger partial charge in [0, 0.05) is 28.6 Å². The van der Waals surface area contributed by atoms with Gasteiger partial charge in [0.05, 0.1) is 6.10 Å². The molecule has 0 aromatic heterocycles. The summed E-state index contributed by atoms with van der Waals surface area (Å²) in [4.78, 5) is 26.0. The number of rotatable bonds is 4. The zero-order chi connectivity index (χ0) is 16.4. The maximum atomic E-state index is 13.0. The molecule has 0 bridgehead atoms. The summed E-state index contributed by atoms with van der Waals surface area (Å²) >= 11 is 3.33. The van der Waals surface area contributed by atoms with E-state index in [1.165, 1.54) is 0 Å². The van der Waals surface area contributed by atoms with Crippen LogP contribution in [0.3, 0.4) is 0 Å². The van der Waals surface area contributed by atoms with E-state index in [0.717, 1.165) is 4.47 Å². The average molecular weight is 374 g/mol. The molecule has 1 aliphatic heterocycles. The topological polar surface area (TPSA) is 66.4 Å². The van der Waals surface area contributed by atoms with Crippen LogP contribution in [0.25, 0.3) is 0 Å². The van der Waals surface area contributed by atoms with Crippen LogP contribution in [0.5, 0.6) is 0 Å². The number of Topliss-reactive ketones (excluding diaryl/α,β-unsaturated/α-hetero) is 2. The number of carbonyl (C=O) groups is 2. The highest BCUT2D eigenvalue weighted by Crippen LogP contribution is 2.29. The molecule has 0 aliphatic carbocycles. The average Bonchev–Trinajstić information content (AvgIpc) is 2.98. The Bertz CT molecular complexity index is 730. The van der Waals surface area contributed by atoms with E-state index in [-0.39, 0.29) is 24.5 Å². The van der Waals surface area contributed by atoms with Crippen LogP contribution in [0.1, 0.15) is 27.1 Å². The fraction of sp³-hybridized carbons (Fsp3) is 0.222. The van der Waals surface area contributed by atoms with Gasteiger partial charge in [0.2, 0.25) is 0 Å². The summed E-state index contributed by atoms with van der Waals surface area (Å²) in [7, 11) is 0. The van der Waals surface area contributed by atoms with Crippen LogP contribution in [0.2, 0.25) is 0 Å². The molecule has 0 radical (unpaired) electrons. The molecule has 0 spiro atoms. The minimum absolute atomic E-state index is 0.0790. The number of aliphatic hydroxyl groups is 1. The molecular formula is C18H16BrNO3. The highest BCUT2D eigenvalue weighted by atomic mass is 79.9. The van der Waals surface area contributed by atoms with Gasteiger partial charge in [0.15, 0.2) is 11.6 Å². The first-order chi connectivity index (χ1) is 11.0. The van der Waals surface area contributed by atoms with Gasteiger partial charge in [-0.1, -0.05) is 58.4 Å². The van der Waals surface area contributed by atoms with Crippen LogP contribution in [0.15, 0.2) is 59.1 Å². The second kappa shape index (κ2) is 6.35. The Morgan fingerprint density at radius 2 is 1.57 bits per heavy atom. The Hall–Kier alpha value is -1.82. The van der Waals surface area contributed by atoms with Crippen molar-refractivity contribution < 1.29 is 14.7 Å². The van der Waals surface area contributed by atoms with E-state index in [9.17, 15) is 14.7 Å². The molecule has 1 heterocycles. The number of nitrogens with one attached hydrogen (secondary N) is 1. The first-order valence-corrected chi connectivity index (χ1v) is 8.15. The summed E-state index contributed by atoms with van der Waals surface area (Å²) in [6.07, 6.45) is -0.641. The number of benzene rings is 2. The highest BCUT2D eigenvalue weighted by Gasteiger charge is 2.50. The number of ketones is 2. The van der Waals surface area contributed by atoms with Crippen LogP contribution < -0.4 is 5.32 Å². The second-order valence-electron chi connectivity index (χ2n) is 5.68. The minimum Gasteiger partial charge on any atom is -0.392 e. The van der Waals surface area contributed by atoms with E-state index < -0.39 is 11.6 Å². The molecule has 0 amide bonds. The summed E-state index contributed by atoms with van der Waals surface area (Å²) < 4.78 is 0.858. The van der Waals surface area contributed by atoms with Crippen molar-refractivity contribution in [2.24, 2.45) is 0 Å². The van der Waals surface area contributed by atoms with Gasteiger partial charge in [0.1, 0.15) is 5.54 Å². The van der Waals surface area contributed by atoms with Gasteiger partial charge in [-0.15, -0.1) is 0 Å². The molecule has 3 rings (SSSR count). The summed E-state index contributed by atoms with van der Waals surface area (Å²) in [5.74, 6) is -0.613. The third-order valence-corrected chi connectivity index (χ3v) is 4.63. The molecule has 0 saturated carbocycles. The van der Waals surface area contributed by atoms with Gasteiger partial charge < -0.3 is 5.11 Å². The Morgan fingerprint density at radius 3 is 2.09 bits per heavy atom. The van der Waals surface area contributed by atoms with Gasteiger partial charge in [-0.25, -0.2) is 0 Å². The normalized spacial score (nSPS) is 23.7. The summed E-state index contributed by atoms with van der Waals surface area (Å²) in [5, 5.41) is 12.9. The maximum absolute atomic E-state index is 13.0. The second-order valence-corrected chi connectivity index (χ2v) is 6.59. The lowest BCUT2D eigenvalue weighted by Gasteiger charge is -2.26. The SMILES string of the molecule is O=C(c1ccccc1)[C@@]1(C(=O)c2ccc(Br)cc2)C[C@@H](O)CN1. The monoisotopic (exact) mass is 373 g/mol. The maximum Gasteiger partial charge on any atom is 0.190 e. The van der Waals surface area contributed by atoms with Crippen molar-refractivity contribution in [3.8, 4) is 0 Å². The zero-order valence-electron chi connectivity index (χ0n) is 12.3. The fourth-order valence-electron chi connectivity index (χ4n) is 2.92. The smallest absolute Gasteiger partial charge is 0.190 e. The molecule has 1 fully saturated rings. The molecule has 118 valence electrons. The molecule has 1 saturated heterocycles. The quantitative estimate of drug-likeness (QED) is 0.638. The number of halogens is 1. The first-order valence-electron chi connectivity index (χ1n) is 7.36. The van der Waals surface area contributed by atoms with Crippen LogP contribution in [-0.2, 0) is 0 Å². The number of β-amino-alcohol motifs (C(OH)–C–C–N with tert-alkyl or cyclic N) is 1. The van der Waals surface area contributed by atoms with Gasteiger partial charge >= 0.3 is 0 Å². The van der Waals surface area contributed by atoms with E-state index in [4.69, 9.17) is 0 Å². The van der Waals surface area contributed by atoms with E-state index in [0.29, 0.717) is 11.1 Å². The molecule has 1 aliphatic rings. The summed E-state index contributed by atoms with van der Waals surface area (Å²) in [6, 6.07) is 15.6. The fourth-order valence-corrected chi connectivity index (χ4v) is 3.19. The summed E-state index contributed by atoms with van der Waals surface area (Å²) in [5.41, 5.74) is -0.507. The predicted octanol–water partition coefficient (Wildman–Crippen LogP) is 2.61. The standard InChI is InChI=1S/C18H16BrNO3/c19-14-8-6-13(7-9-14)17(23)18(10-15(21)11-20-18)16(22)12-4-2-1-3-5-12/h1-9,15,20-21H,10-11H2/t15-,18-/m1/s1. The van der Waals surface area contributed by atoms with E-state index in [1.807, 2.05) is 6.07 Å². The third kappa shape index (κ3) is 3.00. The van der Waals surface area contributed by atoms with Crippen molar-refractivity contribution in [2.45, 2.75) is 18.1 Å². The Kier molecular flexibility index (Phi) is 4.43. The molecule has 2 aromatic carbocycles. The van der Waals surface area contributed by atoms with Crippen molar-refractivity contribution >= 4 is 27.5 Å². The van der Waals surface area contributed by atoms with Crippen LogP contribution >= 0.6 is 15.9 Å². The number of aliphatic hydroxyl groups excluding tert-OH is 1. The first kappa shape index (κ1) is 16.1. The zero-order valence-corrected chi connectivity index (χ0v) is 13.9. The highest BCUT2D eigenvalue weighted by molar-refractivity contribution is 9.10. The van der Waals surface area contributed by atoms with Crippen LogP contribution in [0, 0.1) is 0 Å². The van der Waals surface area contributed by atoms with Crippen molar-refractivity contribution in [3.05, 3.63) is 70.2 Å². The summed E-state index contributed by atoms with van der Waals surface area (Å²) in [6.45, 7) is 0.223. The molecule has 2 N–H and O–H groups in total. The molecule has 23 heavy (non-hydrogen) atoms. The molecule has 0 unspecified atom stereocenters. The lowest BCUT2D eigenvalue weighted by Crippen LogP contribution is -2.54. The van der Waals surface area contributed by atoms with E-state index in [1.54, 1.807) is 48.5 Å². The minimum atomic E-state index is -1.41. The van der Waals surface area contributed by atoms with Crippen molar-refractivity contribution in [2.75, 3.05) is 6.54 Å².